The molecule has 116 valence electrons. The Morgan fingerprint density at radius 1 is 1.38 bits per heavy atom. The summed E-state index contributed by atoms with van der Waals surface area (Å²) >= 11 is 2.02. The van der Waals surface area contributed by atoms with Gasteiger partial charge in [0.2, 0.25) is 0 Å². The molecule has 0 saturated carbocycles. The summed E-state index contributed by atoms with van der Waals surface area (Å²) < 4.78 is 11.8. The zero-order valence-electron chi connectivity index (χ0n) is 12.5. The molecule has 1 aromatic rings. The number of nitrogens with two attached hydrogens (primary N) is 1. The summed E-state index contributed by atoms with van der Waals surface area (Å²) in [6, 6.07) is 10.2. The van der Waals surface area contributed by atoms with E-state index in [-0.39, 0.29) is 11.6 Å². The smallest absolute Gasteiger partial charge is 0.119 e. The number of para-hydroxylation sites is 1. The van der Waals surface area contributed by atoms with Crippen molar-refractivity contribution >= 4 is 11.8 Å². The third-order valence-corrected chi connectivity index (χ3v) is 5.89. The van der Waals surface area contributed by atoms with Crippen LogP contribution in [0, 0.1) is 5.92 Å². The number of ether oxygens (including phenoxy) is 2. The maximum Gasteiger partial charge on any atom is 0.119 e. The normalized spacial score (nSPS) is 30.4. The minimum Gasteiger partial charge on any atom is -0.494 e. The molecule has 0 radical (unpaired) electrons. The molecule has 0 aromatic heterocycles. The molecule has 2 aliphatic rings. The highest BCUT2D eigenvalue weighted by molar-refractivity contribution is 7.99. The lowest BCUT2D eigenvalue weighted by atomic mass is 9.80. The Kier molecular flexibility index (Phi) is 5.09. The molecule has 3 rings (SSSR count). The first kappa shape index (κ1) is 15.2. The number of benzene rings is 1. The van der Waals surface area contributed by atoms with Gasteiger partial charge in [0.05, 0.1) is 12.2 Å². The van der Waals surface area contributed by atoms with E-state index in [0.29, 0.717) is 12.5 Å². The Bertz CT molecular complexity index is 434. The lowest BCUT2D eigenvalue weighted by Crippen LogP contribution is -2.45. The van der Waals surface area contributed by atoms with Gasteiger partial charge in [-0.15, -0.1) is 0 Å². The standard InChI is InChI=1S/C17H25NO2S/c18-16(7-9-19-15-4-2-1-3-5-15)14-6-10-20-17(12-14)8-11-21-13-17/h1-5,14,16H,6-13,18H2. The molecular weight excluding hydrogens is 282 g/mol. The molecule has 21 heavy (non-hydrogen) atoms. The molecule has 1 spiro atoms. The van der Waals surface area contributed by atoms with Crippen LogP contribution in [0.4, 0.5) is 0 Å². The van der Waals surface area contributed by atoms with Crippen molar-refractivity contribution < 1.29 is 9.47 Å². The van der Waals surface area contributed by atoms with E-state index in [0.717, 1.165) is 37.4 Å². The quantitative estimate of drug-likeness (QED) is 0.908. The summed E-state index contributed by atoms with van der Waals surface area (Å²) in [7, 11) is 0. The van der Waals surface area contributed by atoms with Crippen molar-refractivity contribution in [2.75, 3.05) is 24.7 Å². The van der Waals surface area contributed by atoms with E-state index in [2.05, 4.69) is 0 Å². The second-order valence-electron chi connectivity index (χ2n) is 6.20. The topological polar surface area (TPSA) is 44.5 Å². The fourth-order valence-electron chi connectivity index (χ4n) is 3.36. The van der Waals surface area contributed by atoms with Gasteiger partial charge in [0.25, 0.3) is 0 Å². The second-order valence-corrected chi connectivity index (χ2v) is 7.31. The molecule has 2 saturated heterocycles. The Morgan fingerprint density at radius 3 is 3.00 bits per heavy atom. The predicted molar refractivity (Wildman–Crippen MR) is 87.9 cm³/mol. The Hall–Kier alpha value is -0.710. The molecule has 0 bridgehead atoms. The van der Waals surface area contributed by atoms with Crippen molar-refractivity contribution in [3.8, 4) is 5.75 Å². The molecule has 3 unspecified atom stereocenters. The average Bonchev–Trinajstić information content (AvgIpc) is 2.96. The molecule has 4 heteroatoms. The van der Waals surface area contributed by atoms with Crippen molar-refractivity contribution in [3.63, 3.8) is 0 Å². The van der Waals surface area contributed by atoms with Crippen LogP contribution in [-0.4, -0.2) is 36.4 Å². The van der Waals surface area contributed by atoms with Gasteiger partial charge in [-0.3, -0.25) is 0 Å². The molecule has 2 heterocycles. The summed E-state index contributed by atoms with van der Waals surface area (Å²) in [5.74, 6) is 3.90. The van der Waals surface area contributed by atoms with E-state index in [1.807, 2.05) is 42.1 Å². The van der Waals surface area contributed by atoms with Crippen LogP contribution in [0.25, 0.3) is 0 Å². The number of hydrogen-bond donors (Lipinski definition) is 1. The monoisotopic (exact) mass is 307 g/mol. The zero-order chi connectivity index (χ0) is 14.5. The minimum atomic E-state index is 0.130. The maximum absolute atomic E-state index is 6.42. The van der Waals surface area contributed by atoms with E-state index >= 15 is 0 Å². The van der Waals surface area contributed by atoms with Gasteiger partial charge in [0.15, 0.2) is 0 Å². The van der Waals surface area contributed by atoms with Crippen molar-refractivity contribution in [1.82, 2.24) is 0 Å². The number of hydrogen-bond acceptors (Lipinski definition) is 4. The van der Waals surface area contributed by atoms with Gasteiger partial charge in [-0.25, -0.2) is 0 Å². The number of rotatable bonds is 5. The zero-order valence-corrected chi connectivity index (χ0v) is 13.3. The Labute approximate surface area is 131 Å². The van der Waals surface area contributed by atoms with Gasteiger partial charge in [0.1, 0.15) is 5.75 Å². The van der Waals surface area contributed by atoms with Gasteiger partial charge in [0, 0.05) is 18.4 Å². The molecule has 2 fully saturated rings. The van der Waals surface area contributed by atoms with E-state index in [1.165, 1.54) is 12.2 Å². The second kappa shape index (κ2) is 7.03. The minimum absolute atomic E-state index is 0.130. The van der Waals surface area contributed by atoms with Gasteiger partial charge in [-0.2, -0.15) is 11.8 Å². The SMILES string of the molecule is NC(CCOc1ccccc1)C1CCOC2(CCSC2)C1. The van der Waals surface area contributed by atoms with Gasteiger partial charge >= 0.3 is 0 Å². The lowest BCUT2D eigenvalue weighted by molar-refractivity contribution is -0.0838. The first-order valence-corrected chi connectivity index (χ1v) is 9.08. The summed E-state index contributed by atoms with van der Waals surface area (Å²) in [6.07, 6.45) is 4.34. The van der Waals surface area contributed by atoms with Crippen LogP contribution in [0.3, 0.4) is 0 Å². The molecular formula is C17H25NO2S. The third-order valence-electron chi connectivity index (χ3n) is 4.67. The summed E-state index contributed by atoms with van der Waals surface area (Å²) in [5, 5.41) is 0. The molecule has 2 aliphatic heterocycles. The fraction of sp³-hybridized carbons (Fsp3) is 0.647. The van der Waals surface area contributed by atoms with Crippen molar-refractivity contribution in [2.45, 2.75) is 37.3 Å². The van der Waals surface area contributed by atoms with E-state index in [4.69, 9.17) is 15.2 Å². The molecule has 3 nitrogen and oxygen atoms in total. The van der Waals surface area contributed by atoms with Gasteiger partial charge in [-0.1, -0.05) is 18.2 Å². The Morgan fingerprint density at radius 2 is 2.24 bits per heavy atom. The van der Waals surface area contributed by atoms with E-state index < -0.39 is 0 Å². The van der Waals surface area contributed by atoms with E-state index in [1.54, 1.807) is 0 Å². The van der Waals surface area contributed by atoms with Crippen molar-refractivity contribution in [2.24, 2.45) is 11.7 Å². The molecule has 2 N–H and O–H groups in total. The molecule has 3 atom stereocenters. The summed E-state index contributed by atoms with van der Waals surface area (Å²) in [6.45, 7) is 1.57. The number of thioether (sulfide) groups is 1. The third kappa shape index (κ3) is 3.93. The van der Waals surface area contributed by atoms with Crippen LogP contribution < -0.4 is 10.5 Å². The van der Waals surface area contributed by atoms with Crippen molar-refractivity contribution in [1.29, 1.82) is 0 Å². The van der Waals surface area contributed by atoms with E-state index in [9.17, 15) is 0 Å². The van der Waals surface area contributed by atoms with Crippen LogP contribution >= 0.6 is 11.8 Å². The van der Waals surface area contributed by atoms with Gasteiger partial charge < -0.3 is 15.2 Å². The molecule has 1 aromatic carbocycles. The highest BCUT2D eigenvalue weighted by Gasteiger charge is 2.41. The Balaban J connectivity index is 1.45. The summed E-state index contributed by atoms with van der Waals surface area (Å²) in [5.41, 5.74) is 6.55. The van der Waals surface area contributed by atoms with Crippen LogP contribution in [0.2, 0.25) is 0 Å². The van der Waals surface area contributed by atoms with Crippen LogP contribution in [0.1, 0.15) is 25.7 Å². The highest BCUT2D eigenvalue weighted by atomic mass is 32.2. The highest BCUT2D eigenvalue weighted by Crippen LogP contribution is 2.41. The first-order valence-electron chi connectivity index (χ1n) is 7.93. The first-order chi connectivity index (χ1) is 10.3. The van der Waals surface area contributed by atoms with Crippen LogP contribution in [-0.2, 0) is 4.74 Å². The molecule has 0 aliphatic carbocycles. The predicted octanol–water partition coefficient (Wildman–Crippen LogP) is 3.09. The van der Waals surface area contributed by atoms with Crippen molar-refractivity contribution in [3.05, 3.63) is 30.3 Å². The molecule has 0 amide bonds. The summed E-state index contributed by atoms with van der Waals surface area (Å²) in [4.78, 5) is 0. The van der Waals surface area contributed by atoms with Crippen LogP contribution in [0.15, 0.2) is 30.3 Å². The van der Waals surface area contributed by atoms with Crippen LogP contribution in [0.5, 0.6) is 5.75 Å². The largest absolute Gasteiger partial charge is 0.494 e. The average molecular weight is 307 g/mol. The lowest BCUT2D eigenvalue weighted by Gasteiger charge is -2.40. The van der Waals surface area contributed by atoms with Gasteiger partial charge in [-0.05, 0) is 49.5 Å². The maximum atomic E-state index is 6.42. The fourth-order valence-corrected chi connectivity index (χ4v) is 4.74.